The first-order valence-electron chi connectivity index (χ1n) is 8.40. The fraction of sp³-hybridized carbons (Fsp3) is 0.278. The lowest BCUT2D eigenvalue weighted by atomic mass is 10.2. The van der Waals surface area contributed by atoms with Crippen molar-refractivity contribution in [2.24, 2.45) is 0 Å². The van der Waals surface area contributed by atoms with Crippen LogP contribution >= 0.6 is 11.6 Å². The Bertz CT molecular complexity index is 966. The van der Waals surface area contributed by atoms with Crippen LogP contribution in [0, 0.1) is 6.92 Å². The highest BCUT2D eigenvalue weighted by atomic mass is 35.5. The number of rotatable bonds is 6. The van der Waals surface area contributed by atoms with Gasteiger partial charge in [-0.05, 0) is 30.7 Å². The van der Waals surface area contributed by atoms with Crippen molar-refractivity contribution in [3.05, 3.63) is 64.7 Å². The molecule has 1 N–H and O–H groups in total. The van der Waals surface area contributed by atoms with Gasteiger partial charge in [0, 0.05) is 24.5 Å². The van der Waals surface area contributed by atoms with Gasteiger partial charge in [-0.3, -0.25) is 14.2 Å². The predicted molar refractivity (Wildman–Crippen MR) is 98.0 cm³/mol. The van der Waals surface area contributed by atoms with Gasteiger partial charge in [0.05, 0.1) is 23.8 Å². The lowest BCUT2D eigenvalue weighted by molar-refractivity contribution is -0.141. The third-order valence-corrected chi connectivity index (χ3v) is 4.52. The summed E-state index contributed by atoms with van der Waals surface area (Å²) in [6.45, 7) is 1.98. The maximum absolute atomic E-state index is 12.9. The molecule has 0 aliphatic heterocycles. The maximum Gasteiger partial charge on any atom is 0.436 e. The van der Waals surface area contributed by atoms with Crippen LogP contribution in [-0.2, 0) is 24.1 Å². The number of aryl methyl sites for hydroxylation is 1. The van der Waals surface area contributed by atoms with Gasteiger partial charge >= 0.3 is 6.18 Å². The van der Waals surface area contributed by atoms with Crippen molar-refractivity contribution in [2.45, 2.75) is 32.6 Å². The van der Waals surface area contributed by atoms with E-state index >= 15 is 0 Å². The van der Waals surface area contributed by atoms with Gasteiger partial charge in [0.15, 0.2) is 5.69 Å². The molecule has 1 amide bonds. The molecule has 0 aliphatic carbocycles. The van der Waals surface area contributed by atoms with Crippen molar-refractivity contribution in [3.63, 3.8) is 0 Å². The fourth-order valence-electron chi connectivity index (χ4n) is 2.68. The van der Waals surface area contributed by atoms with Crippen molar-refractivity contribution < 1.29 is 18.0 Å². The van der Waals surface area contributed by atoms with Crippen molar-refractivity contribution in [1.29, 1.82) is 0 Å². The second-order valence-electron chi connectivity index (χ2n) is 6.17. The molecule has 10 heteroatoms. The zero-order valence-corrected chi connectivity index (χ0v) is 15.6. The van der Waals surface area contributed by atoms with Gasteiger partial charge in [0.25, 0.3) is 0 Å². The molecule has 6 nitrogen and oxygen atoms in total. The van der Waals surface area contributed by atoms with E-state index < -0.39 is 16.9 Å². The van der Waals surface area contributed by atoms with E-state index in [1.807, 2.05) is 30.5 Å². The SMILES string of the molecule is Cc1c(Cl)c(C(F)(F)F)nn1CCC(=O)Nc1cccc(Cn2cccn2)c1. The number of benzene rings is 1. The van der Waals surface area contributed by atoms with Gasteiger partial charge < -0.3 is 5.32 Å². The van der Waals surface area contributed by atoms with Crippen LogP contribution in [0.3, 0.4) is 0 Å². The van der Waals surface area contributed by atoms with Crippen molar-refractivity contribution in [2.75, 3.05) is 5.32 Å². The molecule has 1 aromatic carbocycles. The maximum atomic E-state index is 12.9. The molecule has 2 heterocycles. The highest BCUT2D eigenvalue weighted by molar-refractivity contribution is 6.31. The predicted octanol–water partition coefficient (Wildman–Crippen LogP) is 4.14. The Morgan fingerprint density at radius 1 is 1.29 bits per heavy atom. The van der Waals surface area contributed by atoms with Crippen LogP contribution in [0.4, 0.5) is 18.9 Å². The van der Waals surface area contributed by atoms with Gasteiger partial charge in [-0.2, -0.15) is 23.4 Å². The molecular formula is C18H17ClF3N5O. The number of alkyl halides is 3. The van der Waals surface area contributed by atoms with Gasteiger partial charge in [-0.25, -0.2) is 0 Å². The second kappa shape index (κ2) is 8.05. The number of hydrogen-bond donors (Lipinski definition) is 1. The highest BCUT2D eigenvalue weighted by Crippen LogP contribution is 2.35. The molecule has 28 heavy (non-hydrogen) atoms. The molecule has 2 aromatic heterocycles. The first kappa shape index (κ1) is 19.9. The van der Waals surface area contributed by atoms with E-state index in [0.29, 0.717) is 12.2 Å². The minimum atomic E-state index is -4.63. The van der Waals surface area contributed by atoms with E-state index in [9.17, 15) is 18.0 Å². The van der Waals surface area contributed by atoms with Crippen LogP contribution in [-0.4, -0.2) is 25.5 Å². The Morgan fingerprint density at radius 3 is 2.71 bits per heavy atom. The van der Waals surface area contributed by atoms with E-state index in [1.54, 1.807) is 16.9 Å². The van der Waals surface area contributed by atoms with Crippen LogP contribution in [0.1, 0.15) is 23.4 Å². The average Bonchev–Trinajstić information content (AvgIpc) is 3.22. The Kier molecular flexibility index (Phi) is 5.73. The number of carbonyl (C=O) groups is 1. The lowest BCUT2D eigenvalue weighted by Crippen LogP contribution is -2.16. The Morgan fingerprint density at radius 2 is 2.07 bits per heavy atom. The summed E-state index contributed by atoms with van der Waals surface area (Å²) in [5.74, 6) is -0.337. The highest BCUT2D eigenvalue weighted by Gasteiger charge is 2.38. The molecule has 0 fully saturated rings. The number of hydrogen-bond acceptors (Lipinski definition) is 3. The molecule has 0 bridgehead atoms. The largest absolute Gasteiger partial charge is 0.436 e. The number of amides is 1. The topological polar surface area (TPSA) is 64.7 Å². The molecule has 0 unspecified atom stereocenters. The summed E-state index contributed by atoms with van der Waals surface area (Å²) in [7, 11) is 0. The standard InChI is InChI=1S/C18H17ClF3N5O/c1-12-16(19)17(18(20,21)22)25-27(12)9-6-15(28)24-14-5-2-4-13(10-14)11-26-8-3-7-23-26/h2-5,7-8,10H,6,9,11H2,1H3,(H,24,28). The molecule has 0 aliphatic rings. The van der Waals surface area contributed by atoms with Crippen LogP contribution in [0.25, 0.3) is 0 Å². The van der Waals surface area contributed by atoms with Crippen LogP contribution in [0.2, 0.25) is 5.02 Å². The molecule has 3 rings (SSSR count). The molecule has 148 valence electrons. The molecule has 0 spiro atoms. The molecule has 0 saturated carbocycles. The quantitative estimate of drug-likeness (QED) is 0.663. The second-order valence-corrected chi connectivity index (χ2v) is 6.55. The number of nitrogens with zero attached hydrogens (tertiary/aromatic N) is 4. The number of halogens is 4. The van der Waals surface area contributed by atoms with Gasteiger partial charge in [0.1, 0.15) is 0 Å². The molecule has 0 radical (unpaired) electrons. The summed E-state index contributed by atoms with van der Waals surface area (Å²) in [5.41, 5.74) is 0.577. The van der Waals surface area contributed by atoms with E-state index in [1.165, 1.54) is 6.92 Å². The van der Waals surface area contributed by atoms with E-state index in [4.69, 9.17) is 11.6 Å². The Balaban J connectivity index is 1.61. The number of aromatic nitrogens is 4. The molecule has 3 aromatic rings. The first-order chi connectivity index (χ1) is 13.2. The fourth-order valence-corrected chi connectivity index (χ4v) is 2.93. The van der Waals surface area contributed by atoms with Crippen molar-refractivity contribution in [1.82, 2.24) is 19.6 Å². The van der Waals surface area contributed by atoms with E-state index in [0.717, 1.165) is 10.2 Å². The lowest BCUT2D eigenvalue weighted by Gasteiger charge is -2.09. The third-order valence-electron chi connectivity index (χ3n) is 4.07. The summed E-state index contributed by atoms with van der Waals surface area (Å²) in [5, 5.41) is 9.91. The Hall–Kier alpha value is -2.81. The Labute approximate surface area is 163 Å². The number of nitrogens with one attached hydrogen (secondary N) is 1. The van der Waals surface area contributed by atoms with Crippen LogP contribution in [0.5, 0.6) is 0 Å². The minimum absolute atomic E-state index is 0.0134. The van der Waals surface area contributed by atoms with E-state index in [-0.39, 0.29) is 24.6 Å². The number of carbonyl (C=O) groups excluding carboxylic acids is 1. The summed E-state index contributed by atoms with van der Waals surface area (Å²) in [6, 6.07) is 9.09. The van der Waals surface area contributed by atoms with Gasteiger partial charge in [-0.15, -0.1) is 0 Å². The smallest absolute Gasteiger partial charge is 0.326 e. The third kappa shape index (κ3) is 4.72. The molecular weight excluding hydrogens is 395 g/mol. The van der Waals surface area contributed by atoms with Crippen LogP contribution in [0.15, 0.2) is 42.7 Å². The monoisotopic (exact) mass is 411 g/mol. The summed E-state index contributed by atoms with van der Waals surface area (Å²) in [4.78, 5) is 12.2. The number of anilines is 1. The van der Waals surface area contributed by atoms with E-state index in [2.05, 4.69) is 15.5 Å². The van der Waals surface area contributed by atoms with Crippen LogP contribution < -0.4 is 5.32 Å². The normalized spacial score (nSPS) is 11.6. The molecule has 0 atom stereocenters. The van der Waals surface area contributed by atoms with Crippen molar-refractivity contribution >= 4 is 23.2 Å². The zero-order chi connectivity index (χ0) is 20.3. The summed E-state index contributed by atoms with van der Waals surface area (Å²) in [6.07, 6.45) is -1.17. The summed E-state index contributed by atoms with van der Waals surface area (Å²) < 4.78 is 41.4. The van der Waals surface area contributed by atoms with Gasteiger partial charge in [0.2, 0.25) is 5.91 Å². The van der Waals surface area contributed by atoms with Crippen molar-refractivity contribution in [3.8, 4) is 0 Å². The molecule has 0 saturated heterocycles. The first-order valence-corrected chi connectivity index (χ1v) is 8.78. The average molecular weight is 412 g/mol. The summed E-state index contributed by atoms with van der Waals surface area (Å²) >= 11 is 5.71. The minimum Gasteiger partial charge on any atom is -0.326 e. The zero-order valence-electron chi connectivity index (χ0n) is 14.9. The van der Waals surface area contributed by atoms with Gasteiger partial charge in [-0.1, -0.05) is 23.7 Å².